The lowest BCUT2D eigenvalue weighted by molar-refractivity contribution is -0.138. The molecule has 2 unspecified atom stereocenters. The topological polar surface area (TPSA) is 118 Å². The number of hydrogen-bond acceptors (Lipinski definition) is 7. The van der Waals surface area contributed by atoms with Gasteiger partial charge in [-0.25, -0.2) is 4.79 Å². The van der Waals surface area contributed by atoms with Gasteiger partial charge in [-0.3, -0.25) is 4.79 Å². The maximum Gasteiger partial charge on any atom is 0.339 e. The molecule has 0 amide bonds. The van der Waals surface area contributed by atoms with Gasteiger partial charge in [0, 0.05) is 11.0 Å². The van der Waals surface area contributed by atoms with Gasteiger partial charge in [-0.05, 0) is 35.4 Å². The molecule has 2 aliphatic heterocycles. The fourth-order valence-electron chi connectivity index (χ4n) is 3.08. The summed E-state index contributed by atoms with van der Waals surface area (Å²) in [5.74, 6) is -1.36. The second-order valence-corrected chi connectivity index (χ2v) is 8.71. The average Bonchev–Trinajstić information content (AvgIpc) is 3.71. The van der Waals surface area contributed by atoms with Gasteiger partial charge in [-0.1, -0.05) is 44.7 Å². The van der Waals surface area contributed by atoms with Gasteiger partial charge in [0.1, 0.15) is 23.7 Å². The summed E-state index contributed by atoms with van der Waals surface area (Å²) in [4.78, 5) is 22.4. The normalized spacial score (nSPS) is 18.3. The first-order valence-electron chi connectivity index (χ1n) is 11.0. The second-order valence-electron chi connectivity index (χ2n) is 8.71. The number of carboxylic acids is 1. The Balaban J connectivity index is 0.000000296. The van der Waals surface area contributed by atoms with Gasteiger partial charge in [-0.15, -0.1) is 0 Å². The van der Waals surface area contributed by atoms with Crippen molar-refractivity contribution in [3.63, 3.8) is 0 Å². The minimum Gasteiger partial charge on any atom is -0.508 e. The summed E-state index contributed by atoms with van der Waals surface area (Å²) in [7, 11) is 0. The fourth-order valence-corrected chi connectivity index (χ4v) is 3.08. The largest absolute Gasteiger partial charge is 0.508 e. The van der Waals surface area contributed by atoms with Gasteiger partial charge in [-0.2, -0.15) is 0 Å². The first-order valence-corrected chi connectivity index (χ1v) is 11.0. The lowest BCUT2D eigenvalue weighted by Gasteiger charge is -2.26. The van der Waals surface area contributed by atoms with Crippen molar-refractivity contribution in [3.8, 4) is 11.5 Å². The average molecular weight is 471 g/mol. The number of esters is 1. The van der Waals surface area contributed by atoms with Crippen LogP contribution in [-0.4, -0.2) is 60.8 Å². The Hall–Kier alpha value is -3.20. The van der Waals surface area contributed by atoms with Crippen LogP contribution in [0, 0.1) is 0 Å². The number of carboxylic acid groups (broad SMARTS) is 1. The van der Waals surface area contributed by atoms with E-state index < -0.39 is 18.4 Å². The van der Waals surface area contributed by atoms with E-state index in [1.54, 1.807) is 24.3 Å². The molecule has 0 saturated carbocycles. The van der Waals surface area contributed by atoms with Gasteiger partial charge in [0.25, 0.3) is 0 Å². The number of aromatic hydroxyl groups is 1. The molecule has 0 bridgehead atoms. The Labute approximate surface area is 198 Å². The highest BCUT2D eigenvalue weighted by Crippen LogP contribution is 2.33. The number of carbonyl (C=O) groups is 2. The molecule has 0 spiro atoms. The zero-order valence-electron chi connectivity index (χ0n) is 19.4. The molecule has 34 heavy (non-hydrogen) atoms. The number of aliphatic carboxylic acids is 1. The van der Waals surface area contributed by atoms with Crippen molar-refractivity contribution in [3.05, 3.63) is 71.8 Å². The summed E-state index contributed by atoms with van der Waals surface area (Å²) in [5, 5.41) is 18.1. The summed E-state index contributed by atoms with van der Waals surface area (Å²) >= 11 is 0. The predicted molar refractivity (Wildman–Crippen MR) is 124 cm³/mol. The van der Waals surface area contributed by atoms with Crippen LogP contribution in [0.5, 0.6) is 11.5 Å². The van der Waals surface area contributed by atoms with E-state index in [9.17, 15) is 14.7 Å². The molecule has 2 fully saturated rings. The summed E-state index contributed by atoms with van der Waals surface area (Å²) < 4.78 is 20.3. The molecule has 0 aliphatic carbocycles. The number of hydrogen-bond donors (Lipinski definition) is 2. The van der Waals surface area contributed by atoms with Crippen molar-refractivity contribution in [2.24, 2.45) is 0 Å². The summed E-state index contributed by atoms with van der Waals surface area (Å²) in [6.45, 7) is 10.8. The standard InChI is InChI=1S/C20H20O5.C6H10O3/c1-13(12-18(22)23)19(24)25-17-10-6-15(7-11-17)20(2,3)14-4-8-16(21)9-5-14;1(5-3-8-5)7-2-6-4-9-6/h4-11,21H,1,12H2,2-3H3,(H,22,23);5-6H,1-4H2. The van der Waals surface area contributed by atoms with E-state index in [0.717, 1.165) is 37.6 Å². The van der Waals surface area contributed by atoms with E-state index in [2.05, 4.69) is 20.4 Å². The van der Waals surface area contributed by atoms with Crippen LogP contribution in [0.3, 0.4) is 0 Å². The van der Waals surface area contributed by atoms with Crippen molar-refractivity contribution in [2.75, 3.05) is 26.4 Å². The summed E-state index contributed by atoms with van der Waals surface area (Å²) in [5.41, 5.74) is 1.62. The molecule has 2 aromatic carbocycles. The van der Waals surface area contributed by atoms with Crippen LogP contribution in [0.15, 0.2) is 60.7 Å². The van der Waals surface area contributed by atoms with Gasteiger partial charge in [0.2, 0.25) is 0 Å². The smallest absolute Gasteiger partial charge is 0.339 e. The molecule has 0 aromatic heterocycles. The molecule has 2 heterocycles. The van der Waals surface area contributed by atoms with Crippen molar-refractivity contribution >= 4 is 11.9 Å². The zero-order valence-corrected chi connectivity index (χ0v) is 19.4. The molecule has 2 aromatic rings. The van der Waals surface area contributed by atoms with Crippen LogP contribution in [0.4, 0.5) is 0 Å². The number of rotatable bonds is 10. The summed E-state index contributed by atoms with van der Waals surface area (Å²) in [6, 6.07) is 14.0. The predicted octanol–water partition coefficient (Wildman–Crippen LogP) is 3.46. The van der Waals surface area contributed by atoms with E-state index in [4.69, 9.17) is 24.1 Å². The van der Waals surface area contributed by atoms with Gasteiger partial charge in [0.15, 0.2) is 0 Å². The van der Waals surface area contributed by atoms with Crippen LogP contribution in [-0.2, 0) is 29.2 Å². The maximum absolute atomic E-state index is 11.8. The highest BCUT2D eigenvalue weighted by Gasteiger charge is 2.26. The Morgan fingerprint density at radius 3 is 1.88 bits per heavy atom. The first kappa shape index (κ1) is 25.4. The number of phenols is 1. The quantitative estimate of drug-likeness (QED) is 0.235. The van der Waals surface area contributed by atoms with Gasteiger partial charge in [0.05, 0.1) is 32.8 Å². The van der Waals surface area contributed by atoms with E-state index in [0.29, 0.717) is 18.0 Å². The molecular weight excluding hydrogens is 440 g/mol. The van der Waals surface area contributed by atoms with E-state index >= 15 is 0 Å². The molecule has 2 aliphatic rings. The van der Waals surface area contributed by atoms with Crippen molar-refractivity contribution < 1.29 is 38.7 Å². The highest BCUT2D eigenvalue weighted by molar-refractivity contribution is 5.94. The van der Waals surface area contributed by atoms with Crippen LogP contribution in [0.25, 0.3) is 0 Å². The molecule has 2 N–H and O–H groups in total. The Bertz CT molecular complexity index is 974. The van der Waals surface area contributed by atoms with Crippen LogP contribution >= 0.6 is 0 Å². The Morgan fingerprint density at radius 2 is 1.44 bits per heavy atom. The number of phenolic OH excluding ortho intramolecular Hbond substituents is 1. The molecule has 4 rings (SSSR count). The van der Waals surface area contributed by atoms with Crippen LogP contribution in [0.2, 0.25) is 0 Å². The second kappa shape index (κ2) is 11.3. The third-order valence-electron chi connectivity index (χ3n) is 5.44. The molecule has 8 nitrogen and oxygen atoms in total. The summed E-state index contributed by atoms with van der Waals surface area (Å²) in [6.07, 6.45) is 0.331. The van der Waals surface area contributed by atoms with Gasteiger partial charge < -0.3 is 29.2 Å². The minimum atomic E-state index is -1.13. The number of benzene rings is 2. The Kier molecular flexibility index (Phi) is 8.44. The number of epoxide rings is 2. The lowest BCUT2D eigenvalue weighted by Crippen LogP contribution is -2.19. The Morgan fingerprint density at radius 1 is 0.971 bits per heavy atom. The lowest BCUT2D eigenvalue weighted by atomic mass is 9.78. The third kappa shape index (κ3) is 7.98. The van der Waals surface area contributed by atoms with Crippen molar-refractivity contribution in [1.82, 2.24) is 0 Å². The van der Waals surface area contributed by atoms with Crippen LogP contribution < -0.4 is 4.74 Å². The molecule has 2 atom stereocenters. The maximum atomic E-state index is 11.8. The van der Waals surface area contributed by atoms with E-state index in [1.165, 1.54) is 0 Å². The van der Waals surface area contributed by atoms with Crippen molar-refractivity contribution in [1.29, 1.82) is 0 Å². The van der Waals surface area contributed by atoms with Crippen molar-refractivity contribution in [2.45, 2.75) is 37.9 Å². The molecule has 182 valence electrons. The molecule has 2 saturated heterocycles. The van der Waals surface area contributed by atoms with E-state index in [1.807, 2.05) is 24.3 Å². The monoisotopic (exact) mass is 470 g/mol. The van der Waals surface area contributed by atoms with Gasteiger partial charge >= 0.3 is 11.9 Å². The molecular formula is C26H30O8. The SMILES string of the molecule is C(OCC1CO1)C1CO1.C=C(CC(=O)O)C(=O)Oc1ccc(C(C)(C)c2ccc(O)cc2)cc1. The molecule has 0 radical (unpaired) electrons. The first-order chi connectivity index (χ1) is 16.1. The number of carbonyl (C=O) groups excluding carboxylic acids is 1. The highest BCUT2D eigenvalue weighted by atomic mass is 16.6. The minimum absolute atomic E-state index is 0.110. The third-order valence-corrected chi connectivity index (χ3v) is 5.44. The van der Waals surface area contributed by atoms with E-state index in [-0.39, 0.29) is 16.7 Å². The fraction of sp³-hybridized carbons (Fsp3) is 0.385. The van der Waals surface area contributed by atoms with Crippen LogP contribution in [0.1, 0.15) is 31.4 Å². The molecule has 8 heteroatoms. The zero-order chi connectivity index (χ0) is 24.7. The number of ether oxygens (including phenoxy) is 4.